The summed E-state index contributed by atoms with van der Waals surface area (Å²) in [5, 5.41) is 11.5. The van der Waals surface area contributed by atoms with E-state index in [1.54, 1.807) is 0 Å². The minimum atomic E-state index is -0.548. The molecular weight excluding hydrogens is 310 g/mol. The predicted octanol–water partition coefficient (Wildman–Crippen LogP) is 0.396. The second-order valence-electron chi connectivity index (χ2n) is 7.16. The molecule has 0 aliphatic rings. The van der Waals surface area contributed by atoms with Gasteiger partial charge in [0.2, 0.25) is 17.7 Å². The largest absolute Gasteiger partial charge is 0.395 e. The third kappa shape index (κ3) is 8.29. The number of nitrogens with one attached hydrogen (secondary N) is 1. The number of carbonyl (C=O) groups excluding carboxylic acids is 3. The molecule has 3 atom stereocenters. The Bertz CT molecular complexity index is 424. The van der Waals surface area contributed by atoms with Crippen LogP contribution in [0.5, 0.6) is 0 Å². The van der Waals surface area contributed by atoms with Crippen molar-refractivity contribution in [3.63, 3.8) is 0 Å². The van der Waals surface area contributed by atoms with E-state index in [2.05, 4.69) is 5.32 Å². The van der Waals surface area contributed by atoms with Crippen molar-refractivity contribution in [1.29, 1.82) is 0 Å². The lowest BCUT2D eigenvalue weighted by molar-refractivity contribution is -0.129. The summed E-state index contributed by atoms with van der Waals surface area (Å²) >= 11 is 0. The lowest BCUT2D eigenvalue weighted by Gasteiger charge is -2.26. The van der Waals surface area contributed by atoms with Gasteiger partial charge in [0.05, 0.1) is 6.61 Å². The van der Waals surface area contributed by atoms with Gasteiger partial charge < -0.3 is 21.9 Å². The van der Waals surface area contributed by atoms with Crippen molar-refractivity contribution in [3.8, 4) is 0 Å². The first-order valence-corrected chi connectivity index (χ1v) is 8.57. The molecule has 0 aliphatic heterocycles. The van der Waals surface area contributed by atoms with Crippen molar-refractivity contribution < 1.29 is 19.5 Å². The molecule has 0 aromatic carbocycles. The summed E-state index contributed by atoms with van der Waals surface area (Å²) in [6.07, 6.45) is 1.13. The van der Waals surface area contributed by atoms with E-state index >= 15 is 0 Å². The Kier molecular flexibility index (Phi) is 10.3. The number of hydrogen-bond donors (Lipinski definition) is 4. The van der Waals surface area contributed by atoms with Gasteiger partial charge in [0.15, 0.2) is 0 Å². The van der Waals surface area contributed by atoms with E-state index in [1.807, 2.05) is 27.7 Å². The Morgan fingerprint density at radius 2 is 1.50 bits per heavy atom. The van der Waals surface area contributed by atoms with E-state index in [9.17, 15) is 14.4 Å². The molecule has 6 N–H and O–H groups in total. The highest BCUT2D eigenvalue weighted by Gasteiger charge is 2.31. The van der Waals surface area contributed by atoms with Crippen molar-refractivity contribution in [2.24, 2.45) is 41.1 Å². The molecule has 3 unspecified atom stereocenters. The summed E-state index contributed by atoms with van der Waals surface area (Å²) in [4.78, 5) is 35.8. The average molecular weight is 343 g/mol. The van der Waals surface area contributed by atoms with Gasteiger partial charge in [-0.25, -0.2) is 0 Å². The van der Waals surface area contributed by atoms with Gasteiger partial charge in [-0.15, -0.1) is 0 Å². The van der Waals surface area contributed by atoms with Crippen LogP contribution in [0.25, 0.3) is 0 Å². The third-order valence-corrected chi connectivity index (χ3v) is 4.22. The van der Waals surface area contributed by atoms with E-state index in [-0.39, 0.29) is 43.7 Å². The summed E-state index contributed by atoms with van der Waals surface area (Å²) in [5.41, 5.74) is 10.9. The van der Waals surface area contributed by atoms with Crippen molar-refractivity contribution in [2.75, 3.05) is 13.2 Å². The smallest absolute Gasteiger partial charge is 0.223 e. The van der Waals surface area contributed by atoms with Gasteiger partial charge in [0.25, 0.3) is 0 Å². The van der Waals surface area contributed by atoms with Gasteiger partial charge >= 0.3 is 0 Å². The molecule has 7 heteroatoms. The zero-order chi connectivity index (χ0) is 18.9. The first kappa shape index (κ1) is 22.4. The van der Waals surface area contributed by atoms with E-state index in [4.69, 9.17) is 16.6 Å². The van der Waals surface area contributed by atoms with Crippen LogP contribution >= 0.6 is 0 Å². The van der Waals surface area contributed by atoms with Crippen molar-refractivity contribution in [3.05, 3.63) is 0 Å². The van der Waals surface area contributed by atoms with Gasteiger partial charge in [-0.05, 0) is 31.1 Å². The Labute approximate surface area is 144 Å². The van der Waals surface area contributed by atoms with Gasteiger partial charge in [-0.3, -0.25) is 14.4 Å². The molecule has 0 bridgehead atoms. The van der Waals surface area contributed by atoms with Crippen LogP contribution in [0.4, 0.5) is 0 Å². The fourth-order valence-corrected chi connectivity index (χ4v) is 2.90. The van der Waals surface area contributed by atoms with Crippen molar-refractivity contribution >= 4 is 17.7 Å². The molecule has 0 rings (SSSR count). The Morgan fingerprint density at radius 3 is 1.88 bits per heavy atom. The van der Waals surface area contributed by atoms with Gasteiger partial charge in [0.1, 0.15) is 0 Å². The maximum Gasteiger partial charge on any atom is 0.223 e. The summed E-state index contributed by atoms with van der Waals surface area (Å²) in [6.45, 7) is 7.67. The third-order valence-electron chi connectivity index (χ3n) is 4.22. The standard InChI is InChI=1S/C17H33N3O4/c1-10(2)7-12(15(18)22)8-13(17(24)20-5-6-21)9-14(11(3)4)16(19)23/h10-14,21H,5-9H2,1-4H3,(H2,18,22)(H2,19,23)(H,20,24). The molecule has 0 radical (unpaired) electrons. The average Bonchev–Trinajstić information content (AvgIpc) is 2.46. The summed E-state index contributed by atoms with van der Waals surface area (Å²) < 4.78 is 0. The summed E-state index contributed by atoms with van der Waals surface area (Å²) in [6, 6.07) is 0. The maximum atomic E-state index is 12.4. The normalized spacial score (nSPS) is 15.1. The van der Waals surface area contributed by atoms with Crippen LogP contribution in [-0.4, -0.2) is 36.0 Å². The molecule has 0 aliphatic carbocycles. The molecule has 0 heterocycles. The minimum Gasteiger partial charge on any atom is -0.395 e. The fraction of sp³-hybridized carbons (Fsp3) is 0.824. The maximum absolute atomic E-state index is 12.4. The SMILES string of the molecule is CC(C)CC(CC(CC(C(N)=O)C(C)C)C(=O)NCCO)C(N)=O. The molecule has 0 saturated carbocycles. The molecule has 0 aromatic rings. The predicted molar refractivity (Wildman–Crippen MR) is 92.5 cm³/mol. The van der Waals surface area contributed by atoms with Crippen LogP contribution in [0.2, 0.25) is 0 Å². The quantitative estimate of drug-likeness (QED) is 0.408. The highest BCUT2D eigenvalue weighted by Crippen LogP contribution is 2.28. The zero-order valence-electron chi connectivity index (χ0n) is 15.2. The zero-order valence-corrected chi connectivity index (χ0v) is 15.2. The summed E-state index contributed by atoms with van der Waals surface area (Å²) in [7, 11) is 0. The molecule has 0 saturated heterocycles. The molecule has 0 aromatic heterocycles. The topological polar surface area (TPSA) is 136 Å². The highest BCUT2D eigenvalue weighted by atomic mass is 16.3. The van der Waals surface area contributed by atoms with Crippen LogP contribution in [0.3, 0.4) is 0 Å². The molecule has 0 fully saturated rings. The number of primary amides is 2. The van der Waals surface area contributed by atoms with E-state index in [0.717, 1.165) is 0 Å². The van der Waals surface area contributed by atoms with Gasteiger partial charge in [0, 0.05) is 24.3 Å². The number of aliphatic hydroxyl groups excluding tert-OH is 1. The number of aliphatic hydroxyl groups is 1. The molecule has 140 valence electrons. The molecule has 3 amide bonds. The lowest BCUT2D eigenvalue weighted by atomic mass is 9.79. The highest BCUT2D eigenvalue weighted by molar-refractivity contribution is 5.82. The number of rotatable bonds is 12. The Hall–Kier alpha value is -1.63. The Morgan fingerprint density at radius 1 is 0.917 bits per heavy atom. The van der Waals surface area contributed by atoms with Gasteiger partial charge in [-0.2, -0.15) is 0 Å². The van der Waals surface area contributed by atoms with Crippen molar-refractivity contribution in [2.45, 2.75) is 47.0 Å². The first-order chi connectivity index (χ1) is 11.1. The second kappa shape index (κ2) is 11.0. The van der Waals surface area contributed by atoms with Crippen LogP contribution in [0.1, 0.15) is 47.0 Å². The van der Waals surface area contributed by atoms with Crippen LogP contribution in [0.15, 0.2) is 0 Å². The molecule has 7 nitrogen and oxygen atoms in total. The second-order valence-corrected chi connectivity index (χ2v) is 7.16. The molecule has 0 spiro atoms. The van der Waals surface area contributed by atoms with Gasteiger partial charge in [-0.1, -0.05) is 27.7 Å². The fourth-order valence-electron chi connectivity index (χ4n) is 2.90. The Balaban J connectivity index is 5.25. The van der Waals surface area contributed by atoms with Crippen LogP contribution in [-0.2, 0) is 14.4 Å². The molecule has 24 heavy (non-hydrogen) atoms. The van der Waals surface area contributed by atoms with E-state index < -0.39 is 29.6 Å². The van der Waals surface area contributed by atoms with Crippen molar-refractivity contribution in [1.82, 2.24) is 5.32 Å². The lowest BCUT2D eigenvalue weighted by Crippen LogP contribution is -2.39. The van der Waals surface area contributed by atoms with E-state index in [1.165, 1.54) is 0 Å². The number of carbonyl (C=O) groups is 3. The number of nitrogens with two attached hydrogens (primary N) is 2. The number of hydrogen-bond acceptors (Lipinski definition) is 4. The first-order valence-electron chi connectivity index (χ1n) is 8.57. The van der Waals surface area contributed by atoms with E-state index in [0.29, 0.717) is 6.42 Å². The van der Waals surface area contributed by atoms with Crippen LogP contribution in [0, 0.1) is 29.6 Å². The van der Waals surface area contributed by atoms with Crippen LogP contribution < -0.4 is 16.8 Å². The number of amides is 3. The summed E-state index contributed by atoms with van der Waals surface area (Å²) in [5.74, 6) is -2.36. The molecular formula is C17H33N3O4. The monoisotopic (exact) mass is 343 g/mol. The minimum absolute atomic E-state index is 0.00670.